The Morgan fingerprint density at radius 3 is 2.84 bits per heavy atom. The average Bonchev–Trinajstić information content (AvgIpc) is 3.10. The molecule has 2 saturated heterocycles. The van der Waals surface area contributed by atoms with Gasteiger partial charge >= 0.3 is 6.03 Å². The van der Waals surface area contributed by atoms with Crippen LogP contribution in [0.5, 0.6) is 0 Å². The molecular weight excluding hydrogens is 414 g/mol. The van der Waals surface area contributed by atoms with Crippen LogP contribution in [-0.2, 0) is 5.54 Å². The van der Waals surface area contributed by atoms with Crippen molar-refractivity contribution in [2.24, 2.45) is 11.8 Å². The standard InChI is InChI=1S/C23H24F2N6O/c1-14-6-8-29(13-14)22(32)27-21-12-26-19-4-5-20(28-31(19)21)30-9-7-15-11-23(15,30)17-10-16(24)2-3-18(17)25/h2-5,10,12,14-15H,6-9,11,13H2,1H3,(H,27,32)/t14-,15+,23-/m1/s1. The molecule has 1 aliphatic carbocycles. The summed E-state index contributed by atoms with van der Waals surface area (Å²) in [6.45, 7) is 4.31. The molecule has 7 nitrogen and oxygen atoms in total. The van der Waals surface area contributed by atoms with E-state index in [-0.39, 0.29) is 11.9 Å². The summed E-state index contributed by atoms with van der Waals surface area (Å²) in [5.74, 6) is 1.09. The maximum atomic E-state index is 14.7. The molecule has 3 fully saturated rings. The minimum absolute atomic E-state index is 0.162. The van der Waals surface area contributed by atoms with Gasteiger partial charge in [-0.2, -0.15) is 4.52 Å². The van der Waals surface area contributed by atoms with Gasteiger partial charge in [0.15, 0.2) is 11.5 Å². The number of rotatable bonds is 3. The Balaban J connectivity index is 1.33. The number of nitrogens with zero attached hydrogens (tertiary/aromatic N) is 5. The summed E-state index contributed by atoms with van der Waals surface area (Å²) < 4.78 is 30.3. The molecule has 0 spiro atoms. The number of amides is 2. The van der Waals surface area contributed by atoms with E-state index in [2.05, 4.69) is 22.1 Å². The number of hydrogen-bond donors (Lipinski definition) is 1. The monoisotopic (exact) mass is 438 g/mol. The molecule has 1 N–H and O–H groups in total. The summed E-state index contributed by atoms with van der Waals surface area (Å²) in [4.78, 5) is 20.9. The predicted octanol–water partition coefficient (Wildman–Crippen LogP) is 4.01. The second-order valence-corrected chi connectivity index (χ2v) is 9.26. The first-order valence-electron chi connectivity index (χ1n) is 11.1. The highest BCUT2D eigenvalue weighted by atomic mass is 19.1. The minimum atomic E-state index is -0.567. The fourth-order valence-electron chi connectivity index (χ4n) is 5.50. The molecule has 32 heavy (non-hydrogen) atoms. The van der Waals surface area contributed by atoms with E-state index in [0.29, 0.717) is 35.3 Å². The molecule has 9 heteroatoms. The number of halogens is 2. The van der Waals surface area contributed by atoms with Gasteiger partial charge in [-0.15, -0.1) is 5.10 Å². The number of piperidine rings is 1. The van der Waals surface area contributed by atoms with E-state index in [1.54, 1.807) is 15.6 Å². The lowest BCUT2D eigenvalue weighted by Crippen LogP contribution is -2.35. The zero-order chi connectivity index (χ0) is 22.0. The van der Waals surface area contributed by atoms with Crippen LogP contribution in [0.4, 0.5) is 25.2 Å². The third-order valence-corrected chi connectivity index (χ3v) is 7.22. The summed E-state index contributed by atoms with van der Waals surface area (Å²) in [7, 11) is 0. The van der Waals surface area contributed by atoms with Gasteiger partial charge in [-0.25, -0.2) is 18.6 Å². The highest BCUT2D eigenvalue weighted by molar-refractivity contribution is 5.89. The molecule has 0 unspecified atom stereocenters. The molecule has 2 aliphatic heterocycles. The Morgan fingerprint density at radius 1 is 1.19 bits per heavy atom. The molecule has 1 aromatic carbocycles. The fourth-order valence-corrected chi connectivity index (χ4v) is 5.50. The van der Waals surface area contributed by atoms with E-state index < -0.39 is 17.2 Å². The van der Waals surface area contributed by atoms with Crippen LogP contribution in [0, 0.1) is 23.5 Å². The Morgan fingerprint density at radius 2 is 2.06 bits per heavy atom. The molecule has 166 valence electrons. The normalized spacial score (nSPS) is 26.6. The van der Waals surface area contributed by atoms with Crippen molar-refractivity contribution in [3.8, 4) is 0 Å². The first-order chi connectivity index (χ1) is 15.5. The number of fused-ring (bicyclic) bond motifs is 2. The quantitative estimate of drug-likeness (QED) is 0.671. The van der Waals surface area contributed by atoms with Crippen molar-refractivity contribution in [2.45, 2.75) is 31.7 Å². The molecule has 1 saturated carbocycles. The molecular formula is C23H24F2N6O. The number of hydrogen-bond acceptors (Lipinski definition) is 4. The summed E-state index contributed by atoms with van der Waals surface area (Å²) >= 11 is 0. The Hall–Kier alpha value is -3.23. The topological polar surface area (TPSA) is 65.8 Å². The Labute approximate surface area is 184 Å². The molecule has 3 atom stereocenters. The Kier molecular flexibility index (Phi) is 4.18. The van der Waals surface area contributed by atoms with Crippen LogP contribution in [-0.4, -0.2) is 45.2 Å². The maximum Gasteiger partial charge on any atom is 0.323 e. The lowest BCUT2D eigenvalue weighted by Gasteiger charge is -2.30. The number of imidazole rings is 1. The number of likely N-dealkylation sites (tertiary alicyclic amines) is 1. The Bertz CT molecular complexity index is 1230. The third-order valence-electron chi connectivity index (χ3n) is 7.22. The van der Waals surface area contributed by atoms with Crippen LogP contribution < -0.4 is 10.2 Å². The van der Waals surface area contributed by atoms with Crippen LogP contribution >= 0.6 is 0 Å². The number of benzene rings is 1. The zero-order valence-electron chi connectivity index (χ0n) is 17.8. The summed E-state index contributed by atoms with van der Waals surface area (Å²) in [5, 5.41) is 7.66. The molecule has 4 heterocycles. The van der Waals surface area contributed by atoms with Crippen LogP contribution in [0.15, 0.2) is 36.5 Å². The van der Waals surface area contributed by atoms with Gasteiger partial charge < -0.3 is 9.80 Å². The van der Waals surface area contributed by atoms with Crippen molar-refractivity contribution >= 4 is 23.3 Å². The lowest BCUT2D eigenvalue weighted by molar-refractivity contribution is 0.221. The molecule has 2 aromatic heterocycles. The van der Waals surface area contributed by atoms with Crippen LogP contribution in [0.2, 0.25) is 0 Å². The van der Waals surface area contributed by atoms with Gasteiger partial charge in [0, 0.05) is 25.2 Å². The SMILES string of the molecule is C[C@@H]1CCN(C(=O)Nc2cnc3ccc(N4CC[C@H]5C[C@]54c4cc(F)ccc4F)nn23)C1. The van der Waals surface area contributed by atoms with E-state index >= 15 is 0 Å². The number of carbonyl (C=O) groups excluding carboxylic acids is 1. The zero-order valence-corrected chi connectivity index (χ0v) is 17.8. The molecule has 6 rings (SSSR count). The van der Waals surface area contributed by atoms with Gasteiger partial charge in [-0.05, 0) is 61.4 Å². The molecule has 3 aliphatic rings. The minimum Gasteiger partial charge on any atom is -0.345 e. The van der Waals surface area contributed by atoms with Gasteiger partial charge in [0.1, 0.15) is 17.5 Å². The second-order valence-electron chi connectivity index (χ2n) is 9.26. The summed E-state index contributed by atoms with van der Waals surface area (Å²) in [6.07, 6.45) is 4.26. The van der Waals surface area contributed by atoms with Crippen LogP contribution in [0.25, 0.3) is 5.65 Å². The fraction of sp³-hybridized carbons (Fsp3) is 0.435. The molecule has 2 amide bonds. The van der Waals surface area contributed by atoms with Crippen molar-refractivity contribution in [3.05, 3.63) is 53.7 Å². The third kappa shape index (κ3) is 2.87. The molecule has 3 aromatic rings. The second kappa shape index (κ2) is 6.88. The highest BCUT2D eigenvalue weighted by Gasteiger charge is 2.64. The van der Waals surface area contributed by atoms with E-state index in [1.165, 1.54) is 12.1 Å². The van der Waals surface area contributed by atoms with Crippen LogP contribution in [0.3, 0.4) is 0 Å². The van der Waals surface area contributed by atoms with Gasteiger partial charge in [0.25, 0.3) is 0 Å². The molecule has 0 bridgehead atoms. The van der Waals surface area contributed by atoms with Crippen LogP contribution in [0.1, 0.15) is 31.7 Å². The highest BCUT2D eigenvalue weighted by Crippen LogP contribution is 2.63. The number of anilines is 2. The number of carbonyl (C=O) groups is 1. The van der Waals surface area contributed by atoms with Gasteiger partial charge in [0.05, 0.1) is 11.7 Å². The van der Waals surface area contributed by atoms with E-state index in [1.807, 2.05) is 12.1 Å². The van der Waals surface area contributed by atoms with Crippen molar-refractivity contribution in [2.75, 3.05) is 29.9 Å². The van der Waals surface area contributed by atoms with E-state index in [0.717, 1.165) is 38.4 Å². The first-order valence-corrected chi connectivity index (χ1v) is 11.1. The van der Waals surface area contributed by atoms with Crippen molar-refractivity contribution in [1.29, 1.82) is 0 Å². The summed E-state index contributed by atoms with van der Waals surface area (Å²) in [6, 6.07) is 7.19. The average molecular weight is 438 g/mol. The van der Waals surface area contributed by atoms with Crippen molar-refractivity contribution < 1.29 is 13.6 Å². The first kappa shape index (κ1) is 19.5. The van der Waals surface area contributed by atoms with E-state index in [4.69, 9.17) is 5.10 Å². The maximum absolute atomic E-state index is 14.7. The van der Waals surface area contributed by atoms with Gasteiger partial charge in [0.2, 0.25) is 0 Å². The number of urea groups is 1. The predicted molar refractivity (Wildman–Crippen MR) is 115 cm³/mol. The van der Waals surface area contributed by atoms with Crippen molar-refractivity contribution in [1.82, 2.24) is 19.5 Å². The lowest BCUT2D eigenvalue weighted by atomic mass is 10.0. The largest absolute Gasteiger partial charge is 0.345 e. The van der Waals surface area contributed by atoms with Gasteiger partial charge in [-0.3, -0.25) is 5.32 Å². The smallest absolute Gasteiger partial charge is 0.323 e. The molecule has 0 radical (unpaired) electrons. The van der Waals surface area contributed by atoms with Crippen molar-refractivity contribution in [3.63, 3.8) is 0 Å². The summed E-state index contributed by atoms with van der Waals surface area (Å²) in [5.41, 5.74) is 0.434. The van der Waals surface area contributed by atoms with Gasteiger partial charge in [-0.1, -0.05) is 6.92 Å². The number of aromatic nitrogens is 3. The van der Waals surface area contributed by atoms with E-state index in [9.17, 15) is 13.6 Å². The number of nitrogens with one attached hydrogen (secondary N) is 1.